The molecule has 160 valence electrons. The van der Waals surface area contributed by atoms with Crippen LogP contribution in [0.5, 0.6) is 11.5 Å². The van der Waals surface area contributed by atoms with Crippen LogP contribution in [0.3, 0.4) is 0 Å². The van der Waals surface area contributed by atoms with E-state index in [9.17, 15) is 9.59 Å². The van der Waals surface area contributed by atoms with Gasteiger partial charge in [-0.1, -0.05) is 18.2 Å². The molecular formula is C23H22N2O5S. The molecule has 0 N–H and O–H groups in total. The van der Waals surface area contributed by atoms with E-state index in [1.54, 1.807) is 27.2 Å². The van der Waals surface area contributed by atoms with E-state index in [-0.39, 0.29) is 5.91 Å². The van der Waals surface area contributed by atoms with E-state index < -0.39 is 12.0 Å². The van der Waals surface area contributed by atoms with Crippen LogP contribution in [-0.2, 0) is 16.0 Å². The maximum atomic E-state index is 13.6. The van der Waals surface area contributed by atoms with Gasteiger partial charge >= 0.3 is 5.97 Å². The molecule has 7 nitrogen and oxygen atoms in total. The number of methoxy groups -OCH3 is 3. The minimum absolute atomic E-state index is 0.262. The van der Waals surface area contributed by atoms with Crippen molar-refractivity contribution in [3.63, 3.8) is 0 Å². The minimum Gasteiger partial charge on any atom is -0.493 e. The molecule has 31 heavy (non-hydrogen) atoms. The Morgan fingerprint density at radius 2 is 1.81 bits per heavy atom. The molecule has 1 amide bonds. The zero-order valence-electron chi connectivity index (χ0n) is 17.7. The molecule has 1 atom stereocenters. The van der Waals surface area contributed by atoms with E-state index in [0.29, 0.717) is 33.5 Å². The molecule has 0 radical (unpaired) electrons. The fourth-order valence-corrected chi connectivity index (χ4v) is 4.76. The van der Waals surface area contributed by atoms with Crippen LogP contribution in [0.1, 0.15) is 20.9 Å². The molecule has 2 heterocycles. The SMILES string of the molecule is COC(=O)C1Cc2ccccc2N1C(=O)c1sc(-c2ccc(OC)c(OC)c2)nc1C. The highest BCUT2D eigenvalue weighted by atomic mass is 32.1. The number of para-hydroxylation sites is 1. The van der Waals surface area contributed by atoms with E-state index >= 15 is 0 Å². The van der Waals surface area contributed by atoms with Crippen molar-refractivity contribution in [1.29, 1.82) is 0 Å². The summed E-state index contributed by atoms with van der Waals surface area (Å²) in [6, 6.07) is 12.3. The van der Waals surface area contributed by atoms with Gasteiger partial charge in [0.1, 0.15) is 15.9 Å². The molecule has 0 fully saturated rings. The van der Waals surface area contributed by atoms with Crippen LogP contribution in [0.15, 0.2) is 42.5 Å². The van der Waals surface area contributed by atoms with Gasteiger partial charge < -0.3 is 14.2 Å². The Labute approximate surface area is 184 Å². The lowest BCUT2D eigenvalue weighted by atomic mass is 10.1. The highest BCUT2D eigenvalue weighted by Gasteiger charge is 2.40. The Morgan fingerprint density at radius 1 is 1.06 bits per heavy atom. The lowest BCUT2D eigenvalue weighted by Crippen LogP contribution is -2.43. The second kappa shape index (κ2) is 8.39. The zero-order valence-corrected chi connectivity index (χ0v) is 18.5. The average Bonchev–Trinajstić information content (AvgIpc) is 3.38. The predicted octanol–water partition coefficient (Wildman–Crippen LogP) is 3.88. The number of carbonyl (C=O) groups is 2. The smallest absolute Gasteiger partial charge is 0.329 e. The summed E-state index contributed by atoms with van der Waals surface area (Å²) in [6.07, 6.45) is 0.426. The molecule has 3 aromatic rings. The summed E-state index contributed by atoms with van der Waals surface area (Å²) in [7, 11) is 4.48. The first-order valence-electron chi connectivity index (χ1n) is 9.67. The predicted molar refractivity (Wildman–Crippen MR) is 118 cm³/mol. The molecule has 2 aromatic carbocycles. The van der Waals surface area contributed by atoms with E-state index in [1.165, 1.54) is 23.3 Å². The van der Waals surface area contributed by atoms with Gasteiger partial charge in [0.2, 0.25) is 0 Å². The minimum atomic E-state index is -0.694. The monoisotopic (exact) mass is 438 g/mol. The number of carbonyl (C=O) groups excluding carboxylic acids is 2. The van der Waals surface area contributed by atoms with Crippen molar-refractivity contribution in [2.75, 3.05) is 26.2 Å². The van der Waals surface area contributed by atoms with Crippen molar-refractivity contribution in [2.45, 2.75) is 19.4 Å². The lowest BCUT2D eigenvalue weighted by Gasteiger charge is -2.23. The first-order chi connectivity index (χ1) is 15.0. The third-order valence-corrected chi connectivity index (χ3v) is 6.48. The van der Waals surface area contributed by atoms with Crippen molar-refractivity contribution in [2.24, 2.45) is 0 Å². The summed E-state index contributed by atoms with van der Waals surface area (Å²) in [4.78, 5) is 32.6. The van der Waals surface area contributed by atoms with Crippen molar-refractivity contribution >= 4 is 28.9 Å². The molecule has 0 saturated heterocycles. The molecule has 1 aliphatic rings. The molecule has 0 saturated carbocycles. The normalized spacial score (nSPS) is 14.8. The zero-order chi connectivity index (χ0) is 22.1. The number of thiazole rings is 1. The third kappa shape index (κ3) is 3.63. The number of amides is 1. The fraction of sp³-hybridized carbons (Fsp3) is 0.261. The van der Waals surface area contributed by atoms with Gasteiger partial charge in [-0.05, 0) is 36.8 Å². The van der Waals surface area contributed by atoms with E-state index in [0.717, 1.165) is 16.8 Å². The number of nitrogens with zero attached hydrogens (tertiary/aromatic N) is 2. The maximum Gasteiger partial charge on any atom is 0.329 e. The first kappa shape index (κ1) is 20.9. The van der Waals surface area contributed by atoms with Gasteiger partial charge in [0.25, 0.3) is 5.91 Å². The summed E-state index contributed by atoms with van der Waals surface area (Å²) in [6.45, 7) is 1.79. The van der Waals surface area contributed by atoms with Crippen molar-refractivity contribution in [1.82, 2.24) is 4.98 Å². The maximum absolute atomic E-state index is 13.6. The number of esters is 1. The van der Waals surface area contributed by atoms with Gasteiger partial charge in [0.05, 0.1) is 27.0 Å². The van der Waals surface area contributed by atoms with Crippen molar-refractivity contribution in [3.8, 4) is 22.1 Å². The van der Waals surface area contributed by atoms with Crippen LogP contribution in [0.25, 0.3) is 10.6 Å². The Bertz CT molecular complexity index is 1160. The average molecular weight is 439 g/mol. The van der Waals surface area contributed by atoms with Gasteiger partial charge in [-0.3, -0.25) is 9.69 Å². The quantitative estimate of drug-likeness (QED) is 0.563. The highest BCUT2D eigenvalue weighted by molar-refractivity contribution is 7.17. The van der Waals surface area contributed by atoms with Gasteiger partial charge in [-0.25, -0.2) is 9.78 Å². The third-order valence-electron chi connectivity index (χ3n) is 5.29. The fourth-order valence-electron chi connectivity index (χ4n) is 3.76. The summed E-state index contributed by atoms with van der Waals surface area (Å²) in [5, 5.41) is 0.684. The number of hydrogen-bond donors (Lipinski definition) is 0. The molecule has 4 rings (SSSR count). The number of benzene rings is 2. The van der Waals surface area contributed by atoms with Gasteiger partial charge in [-0.15, -0.1) is 11.3 Å². The van der Waals surface area contributed by atoms with Gasteiger partial charge in [0.15, 0.2) is 11.5 Å². The van der Waals surface area contributed by atoms with E-state index in [2.05, 4.69) is 4.98 Å². The molecule has 8 heteroatoms. The molecule has 0 aliphatic carbocycles. The van der Waals surface area contributed by atoms with Crippen molar-refractivity contribution < 1.29 is 23.8 Å². The molecule has 0 spiro atoms. The number of aryl methyl sites for hydroxylation is 1. The number of ether oxygens (including phenoxy) is 3. The number of rotatable bonds is 5. The Balaban J connectivity index is 1.73. The summed E-state index contributed by atoms with van der Waals surface area (Å²) < 4.78 is 15.6. The standard InChI is InChI=1S/C23H22N2O5S/c1-13-20(31-21(24-13)15-9-10-18(28-2)19(12-15)29-3)22(26)25-16-8-6-5-7-14(16)11-17(25)23(27)30-4/h5-10,12,17H,11H2,1-4H3. The van der Waals surface area contributed by atoms with Crippen LogP contribution in [0.4, 0.5) is 5.69 Å². The second-order valence-corrected chi connectivity index (χ2v) is 8.05. The molecule has 1 unspecified atom stereocenters. The van der Waals surface area contributed by atoms with Crippen LogP contribution >= 0.6 is 11.3 Å². The Morgan fingerprint density at radius 3 is 2.52 bits per heavy atom. The van der Waals surface area contributed by atoms with Crippen LogP contribution in [0, 0.1) is 6.92 Å². The Hall–Kier alpha value is -3.39. The Kier molecular flexibility index (Phi) is 5.65. The first-order valence-corrected chi connectivity index (χ1v) is 10.5. The molecule has 1 aromatic heterocycles. The summed E-state index contributed by atoms with van der Waals surface area (Å²) in [5.41, 5.74) is 3.08. The number of anilines is 1. The van der Waals surface area contributed by atoms with Crippen molar-refractivity contribution in [3.05, 3.63) is 58.6 Å². The molecule has 1 aliphatic heterocycles. The summed E-state index contributed by atoms with van der Waals surface area (Å²) in [5.74, 6) is 0.499. The summed E-state index contributed by atoms with van der Waals surface area (Å²) >= 11 is 1.29. The number of fused-ring (bicyclic) bond motifs is 1. The number of aromatic nitrogens is 1. The van der Waals surface area contributed by atoms with Crippen LogP contribution in [0.2, 0.25) is 0 Å². The number of hydrogen-bond acceptors (Lipinski definition) is 7. The van der Waals surface area contributed by atoms with E-state index in [1.807, 2.05) is 36.4 Å². The largest absolute Gasteiger partial charge is 0.493 e. The van der Waals surface area contributed by atoms with Crippen LogP contribution in [-0.4, -0.2) is 44.2 Å². The van der Waals surface area contributed by atoms with Crippen LogP contribution < -0.4 is 14.4 Å². The molecule has 0 bridgehead atoms. The topological polar surface area (TPSA) is 78.0 Å². The lowest BCUT2D eigenvalue weighted by molar-refractivity contribution is -0.141. The molecular weight excluding hydrogens is 416 g/mol. The highest BCUT2D eigenvalue weighted by Crippen LogP contribution is 2.38. The van der Waals surface area contributed by atoms with E-state index in [4.69, 9.17) is 14.2 Å². The second-order valence-electron chi connectivity index (χ2n) is 7.05. The van der Waals surface area contributed by atoms with Gasteiger partial charge in [-0.2, -0.15) is 0 Å². The van der Waals surface area contributed by atoms with Gasteiger partial charge in [0, 0.05) is 17.7 Å².